The molecule has 0 heterocycles. The molecule has 2 aromatic rings. The van der Waals surface area contributed by atoms with Crippen molar-refractivity contribution in [2.45, 2.75) is 20.4 Å². The second kappa shape index (κ2) is 7.05. The molecule has 1 N–H and O–H groups in total. The minimum Gasteiger partial charge on any atom is -0.337 e. The maximum absolute atomic E-state index is 12.6. The third-order valence-electron chi connectivity index (χ3n) is 3.66. The molecule has 0 aromatic heterocycles. The summed E-state index contributed by atoms with van der Waals surface area (Å²) < 4.78 is 25.1. The van der Waals surface area contributed by atoms with Crippen molar-refractivity contribution in [1.29, 1.82) is 0 Å². The van der Waals surface area contributed by atoms with Crippen LogP contribution in [0.4, 0.5) is 5.69 Å². The molecule has 0 bridgehead atoms. The first-order valence-corrected chi connectivity index (χ1v) is 9.44. The summed E-state index contributed by atoms with van der Waals surface area (Å²) in [6, 6.07) is 13.0. The van der Waals surface area contributed by atoms with Crippen LogP contribution >= 0.6 is 0 Å². The topological polar surface area (TPSA) is 66.5 Å². The fourth-order valence-corrected chi connectivity index (χ4v) is 3.00. The van der Waals surface area contributed by atoms with Crippen LogP contribution in [-0.4, -0.2) is 32.5 Å². The Bertz CT molecular complexity index is 843. The summed E-state index contributed by atoms with van der Waals surface area (Å²) in [5.74, 6) is -0.107. The first kappa shape index (κ1) is 18.0. The van der Waals surface area contributed by atoms with Gasteiger partial charge in [-0.25, -0.2) is 8.42 Å². The van der Waals surface area contributed by atoms with E-state index in [9.17, 15) is 13.2 Å². The fraction of sp³-hybridized carbons (Fsp3) is 0.278. The van der Waals surface area contributed by atoms with Crippen LogP contribution < -0.4 is 4.72 Å². The van der Waals surface area contributed by atoms with Crippen molar-refractivity contribution in [2.75, 3.05) is 18.0 Å². The smallest absolute Gasteiger partial charge is 0.253 e. The molecule has 0 saturated heterocycles. The lowest BCUT2D eigenvalue weighted by Crippen LogP contribution is -2.26. The summed E-state index contributed by atoms with van der Waals surface area (Å²) in [5, 5.41) is 0. The number of nitrogens with one attached hydrogen (secondary N) is 1. The van der Waals surface area contributed by atoms with E-state index < -0.39 is 10.0 Å². The number of aryl methyl sites for hydroxylation is 2. The molecule has 0 atom stereocenters. The summed E-state index contributed by atoms with van der Waals surface area (Å²) in [6.45, 7) is 4.30. The van der Waals surface area contributed by atoms with Gasteiger partial charge >= 0.3 is 0 Å². The predicted molar refractivity (Wildman–Crippen MR) is 96.6 cm³/mol. The van der Waals surface area contributed by atoms with Gasteiger partial charge in [-0.05, 0) is 43.2 Å². The van der Waals surface area contributed by atoms with Gasteiger partial charge in [0.2, 0.25) is 10.0 Å². The van der Waals surface area contributed by atoms with E-state index in [2.05, 4.69) is 4.72 Å². The summed E-state index contributed by atoms with van der Waals surface area (Å²) in [5.41, 5.74) is 3.95. The Labute approximate surface area is 143 Å². The number of hydrogen-bond acceptors (Lipinski definition) is 3. The standard InChI is InChI=1S/C18H22N2O3S/c1-13-5-7-15(8-6-13)12-20(3)18(21)16-9-10-17(14(2)11-16)19-24(4,22)23/h5-11,19H,12H2,1-4H3. The predicted octanol–water partition coefficient (Wildman–Crippen LogP) is 2.95. The highest BCUT2D eigenvalue weighted by Crippen LogP contribution is 2.19. The Balaban J connectivity index is 2.14. The van der Waals surface area contributed by atoms with Crippen molar-refractivity contribution < 1.29 is 13.2 Å². The molecular formula is C18H22N2O3S. The SMILES string of the molecule is Cc1ccc(CN(C)C(=O)c2ccc(NS(C)(=O)=O)c(C)c2)cc1. The van der Waals surface area contributed by atoms with Crippen LogP contribution in [0.2, 0.25) is 0 Å². The highest BCUT2D eigenvalue weighted by atomic mass is 32.2. The van der Waals surface area contributed by atoms with E-state index in [1.165, 1.54) is 5.56 Å². The Hall–Kier alpha value is -2.34. The molecule has 0 spiro atoms. The summed E-state index contributed by atoms with van der Waals surface area (Å²) >= 11 is 0. The minimum absolute atomic E-state index is 0.107. The lowest BCUT2D eigenvalue weighted by atomic mass is 10.1. The molecule has 128 valence electrons. The minimum atomic E-state index is -3.34. The molecular weight excluding hydrogens is 324 g/mol. The number of nitrogens with zero attached hydrogens (tertiary/aromatic N) is 1. The van der Waals surface area contributed by atoms with E-state index in [4.69, 9.17) is 0 Å². The Morgan fingerprint density at radius 2 is 1.71 bits per heavy atom. The Kier molecular flexibility index (Phi) is 5.29. The lowest BCUT2D eigenvalue weighted by molar-refractivity contribution is 0.0785. The first-order valence-electron chi connectivity index (χ1n) is 7.55. The van der Waals surface area contributed by atoms with E-state index in [-0.39, 0.29) is 5.91 Å². The van der Waals surface area contributed by atoms with Gasteiger partial charge in [0.1, 0.15) is 0 Å². The number of carbonyl (C=O) groups is 1. The van der Waals surface area contributed by atoms with Gasteiger partial charge < -0.3 is 4.90 Å². The monoisotopic (exact) mass is 346 g/mol. The summed E-state index contributed by atoms with van der Waals surface area (Å²) in [4.78, 5) is 14.2. The highest BCUT2D eigenvalue weighted by Gasteiger charge is 2.14. The molecule has 6 heteroatoms. The third-order valence-corrected chi connectivity index (χ3v) is 4.25. The van der Waals surface area contributed by atoms with Crippen molar-refractivity contribution in [2.24, 2.45) is 0 Å². The molecule has 0 aliphatic rings. The molecule has 0 saturated carbocycles. The zero-order chi connectivity index (χ0) is 17.9. The lowest BCUT2D eigenvalue weighted by Gasteiger charge is -2.18. The van der Waals surface area contributed by atoms with Crippen LogP contribution in [0.5, 0.6) is 0 Å². The number of benzene rings is 2. The van der Waals surface area contributed by atoms with Crippen molar-refractivity contribution >= 4 is 21.6 Å². The van der Waals surface area contributed by atoms with Crippen molar-refractivity contribution in [1.82, 2.24) is 4.90 Å². The number of anilines is 1. The van der Waals surface area contributed by atoms with Crippen LogP contribution in [0.15, 0.2) is 42.5 Å². The Morgan fingerprint density at radius 3 is 2.25 bits per heavy atom. The van der Waals surface area contributed by atoms with Crippen molar-refractivity contribution in [3.63, 3.8) is 0 Å². The maximum atomic E-state index is 12.6. The summed E-state index contributed by atoms with van der Waals surface area (Å²) in [7, 11) is -1.59. The van der Waals surface area contributed by atoms with Crippen LogP contribution in [0.1, 0.15) is 27.0 Å². The molecule has 24 heavy (non-hydrogen) atoms. The van der Waals surface area contributed by atoms with Crippen LogP contribution in [0.3, 0.4) is 0 Å². The fourth-order valence-electron chi connectivity index (χ4n) is 2.37. The zero-order valence-corrected chi connectivity index (χ0v) is 15.1. The quantitative estimate of drug-likeness (QED) is 0.905. The van der Waals surface area contributed by atoms with E-state index in [0.29, 0.717) is 23.4 Å². The number of hydrogen-bond donors (Lipinski definition) is 1. The third kappa shape index (κ3) is 4.83. The largest absolute Gasteiger partial charge is 0.337 e. The van der Waals surface area contributed by atoms with E-state index in [0.717, 1.165) is 11.8 Å². The van der Waals surface area contributed by atoms with Crippen molar-refractivity contribution in [3.05, 3.63) is 64.7 Å². The zero-order valence-electron chi connectivity index (χ0n) is 14.3. The number of rotatable bonds is 5. The van der Waals surface area contributed by atoms with Crippen LogP contribution in [0.25, 0.3) is 0 Å². The molecule has 2 aromatic carbocycles. The molecule has 0 aliphatic carbocycles. The second-order valence-electron chi connectivity index (χ2n) is 6.05. The Morgan fingerprint density at radius 1 is 1.08 bits per heavy atom. The molecule has 0 radical (unpaired) electrons. The van der Waals surface area contributed by atoms with Gasteiger partial charge in [-0.15, -0.1) is 0 Å². The van der Waals surface area contributed by atoms with Gasteiger partial charge in [-0.3, -0.25) is 9.52 Å². The van der Waals surface area contributed by atoms with Gasteiger partial charge in [0, 0.05) is 19.2 Å². The van der Waals surface area contributed by atoms with Gasteiger partial charge in [-0.1, -0.05) is 29.8 Å². The van der Waals surface area contributed by atoms with Gasteiger partial charge in [0.25, 0.3) is 5.91 Å². The molecule has 5 nitrogen and oxygen atoms in total. The van der Waals surface area contributed by atoms with Crippen LogP contribution in [-0.2, 0) is 16.6 Å². The molecule has 0 unspecified atom stereocenters. The maximum Gasteiger partial charge on any atom is 0.253 e. The van der Waals surface area contributed by atoms with Gasteiger partial charge in [0.05, 0.1) is 11.9 Å². The first-order chi connectivity index (χ1) is 11.2. The molecule has 0 aliphatic heterocycles. The van der Waals surface area contributed by atoms with Gasteiger partial charge in [0.15, 0.2) is 0 Å². The van der Waals surface area contributed by atoms with E-state index >= 15 is 0 Å². The number of amides is 1. The molecule has 0 fully saturated rings. The number of sulfonamides is 1. The average Bonchev–Trinajstić information content (AvgIpc) is 2.49. The number of carbonyl (C=O) groups excluding carboxylic acids is 1. The highest BCUT2D eigenvalue weighted by molar-refractivity contribution is 7.92. The normalized spacial score (nSPS) is 11.2. The van der Waals surface area contributed by atoms with Gasteiger partial charge in [-0.2, -0.15) is 0 Å². The van der Waals surface area contributed by atoms with E-state index in [1.54, 1.807) is 37.1 Å². The van der Waals surface area contributed by atoms with E-state index in [1.807, 2.05) is 31.2 Å². The van der Waals surface area contributed by atoms with Crippen LogP contribution in [0, 0.1) is 13.8 Å². The average molecular weight is 346 g/mol. The molecule has 1 amide bonds. The van der Waals surface area contributed by atoms with Crippen molar-refractivity contribution in [3.8, 4) is 0 Å². The summed E-state index contributed by atoms with van der Waals surface area (Å²) in [6.07, 6.45) is 1.10. The second-order valence-corrected chi connectivity index (χ2v) is 7.80. The molecule has 2 rings (SSSR count).